The SMILES string of the molecule is CC(C)/C=C\C(F)=C/COCC(F)(F)F. The van der Waals surface area contributed by atoms with Gasteiger partial charge in [-0.05, 0) is 18.1 Å². The smallest absolute Gasteiger partial charge is 0.368 e. The molecule has 0 atom stereocenters. The molecule has 0 radical (unpaired) electrons. The molecule has 0 aromatic rings. The standard InChI is InChI=1S/C10H14F4O/c1-8(2)3-4-9(11)5-6-15-7-10(12,13)14/h3-5,8H,6-7H2,1-2H3/b4-3-,9-5+. The van der Waals surface area contributed by atoms with Crippen molar-refractivity contribution in [3.8, 4) is 0 Å². The average Bonchev–Trinajstić information content (AvgIpc) is 2.07. The molecule has 0 N–H and O–H groups in total. The van der Waals surface area contributed by atoms with Crippen molar-refractivity contribution >= 4 is 0 Å². The maximum Gasteiger partial charge on any atom is 0.411 e. The minimum absolute atomic E-state index is 0.195. The summed E-state index contributed by atoms with van der Waals surface area (Å²) in [5.41, 5.74) is 0. The van der Waals surface area contributed by atoms with E-state index < -0.39 is 18.6 Å². The van der Waals surface area contributed by atoms with Crippen molar-refractivity contribution in [3.05, 3.63) is 24.1 Å². The van der Waals surface area contributed by atoms with Gasteiger partial charge in [0.1, 0.15) is 12.4 Å². The molecule has 0 unspecified atom stereocenters. The third-order valence-electron chi connectivity index (χ3n) is 1.30. The number of allylic oxidation sites excluding steroid dienone is 3. The fourth-order valence-electron chi connectivity index (χ4n) is 0.666. The Labute approximate surface area is 86.4 Å². The van der Waals surface area contributed by atoms with Gasteiger partial charge in [-0.3, -0.25) is 0 Å². The van der Waals surface area contributed by atoms with Gasteiger partial charge in [0.25, 0.3) is 0 Å². The Morgan fingerprint density at radius 1 is 1.33 bits per heavy atom. The molecule has 0 saturated carbocycles. The second kappa shape index (κ2) is 6.61. The van der Waals surface area contributed by atoms with Crippen LogP contribution >= 0.6 is 0 Å². The van der Waals surface area contributed by atoms with Crippen molar-refractivity contribution in [1.29, 1.82) is 0 Å². The molecule has 0 aliphatic heterocycles. The largest absolute Gasteiger partial charge is 0.411 e. The highest BCUT2D eigenvalue weighted by Crippen LogP contribution is 2.14. The van der Waals surface area contributed by atoms with E-state index in [1.165, 1.54) is 6.08 Å². The first-order valence-electron chi connectivity index (χ1n) is 4.49. The fourth-order valence-corrected chi connectivity index (χ4v) is 0.666. The lowest BCUT2D eigenvalue weighted by Crippen LogP contribution is -2.16. The van der Waals surface area contributed by atoms with E-state index in [0.717, 1.165) is 6.08 Å². The van der Waals surface area contributed by atoms with E-state index in [0.29, 0.717) is 0 Å². The van der Waals surface area contributed by atoms with Crippen LogP contribution < -0.4 is 0 Å². The van der Waals surface area contributed by atoms with Crippen LogP contribution in [0.4, 0.5) is 17.6 Å². The van der Waals surface area contributed by atoms with Crippen molar-refractivity contribution < 1.29 is 22.3 Å². The van der Waals surface area contributed by atoms with Crippen LogP contribution in [0.5, 0.6) is 0 Å². The molecule has 5 heteroatoms. The van der Waals surface area contributed by atoms with E-state index in [2.05, 4.69) is 4.74 Å². The summed E-state index contributed by atoms with van der Waals surface area (Å²) in [5, 5.41) is 0. The van der Waals surface area contributed by atoms with Crippen molar-refractivity contribution in [2.45, 2.75) is 20.0 Å². The lowest BCUT2D eigenvalue weighted by Gasteiger charge is -2.04. The Bertz CT molecular complexity index is 228. The average molecular weight is 226 g/mol. The molecule has 0 rings (SSSR count). The lowest BCUT2D eigenvalue weighted by molar-refractivity contribution is -0.171. The number of hydrogen-bond acceptors (Lipinski definition) is 1. The summed E-state index contributed by atoms with van der Waals surface area (Å²) in [4.78, 5) is 0. The maximum atomic E-state index is 12.8. The second-order valence-electron chi connectivity index (χ2n) is 3.32. The van der Waals surface area contributed by atoms with Crippen LogP contribution in [-0.4, -0.2) is 19.4 Å². The van der Waals surface area contributed by atoms with Crippen LogP contribution in [0, 0.1) is 5.92 Å². The molecule has 0 fully saturated rings. The van der Waals surface area contributed by atoms with Crippen LogP contribution in [0.2, 0.25) is 0 Å². The zero-order chi connectivity index (χ0) is 11.9. The number of rotatable bonds is 5. The van der Waals surface area contributed by atoms with Gasteiger partial charge >= 0.3 is 6.18 Å². The molecule has 0 amide bonds. The summed E-state index contributed by atoms with van der Waals surface area (Å²) in [7, 11) is 0. The highest BCUT2D eigenvalue weighted by atomic mass is 19.4. The van der Waals surface area contributed by atoms with Crippen molar-refractivity contribution in [2.24, 2.45) is 5.92 Å². The predicted molar refractivity (Wildman–Crippen MR) is 50.0 cm³/mol. The Balaban J connectivity index is 3.77. The van der Waals surface area contributed by atoms with Gasteiger partial charge in [0.2, 0.25) is 0 Å². The highest BCUT2D eigenvalue weighted by Gasteiger charge is 2.26. The first-order valence-corrected chi connectivity index (χ1v) is 4.49. The van der Waals surface area contributed by atoms with Crippen LogP contribution in [0.25, 0.3) is 0 Å². The molecule has 0 spiro atoms. The Kier molecular flexibility index (Phi) is 6.24. The first-order chi connectivity index (χ1) is 6.81. The third-order valence-corrected chi connectivity index (χ3v) is 1.30. The van der Waals surface area contributed by atoms with E-state index in [-0.39, 0.29) is 12.5 Å². The Morgan fingerprint density at radius 3 is 2.40 bits per heavy atom. The second-order valence-corrected chi connectivity index (χ2v) is 3.32. The van der Waals surface area contributed by atoms with Gasteiger partial charge in [-0.2, -0.15) is 13.2 Å². The van der Waals surface area contributed by atoms with Gasteiger partial charge in [0, 0.05) is 0 Å². The fraction of sp³-hybridized carbons (Fsp3) is 0.600. The Hall–Kier alpha value is -0.840. The van der Waals surface area contributed by atoms with Gasteiger partial charge in [-0.25, -0.2) is 4.39 Å². The Morgan fingerprint density at radius 2 is 1.93 bits per heavy atom. The molecule has 0 aliphatic rings. The molecule has 15 heavy (non-hydrogen) atoms. The van der Waals surface area contributed by atoms with Crippen LogP contribution in [0.15, 0.2) is 24.1 Å². The topological polar surface area (TPSA) is 9.23 Å². The maximum absolute atomic E-state index is 12.8. The summed E-state index contributed by atoms with van der Waals surface area (Å²) >= 11 is 0. The summed E-state index contributed by atoms with van der Waals surface area (Å²) in [6, 6.07) is 0. The van der Waals surface area contributed by atoms with E-state index in [1.54, 1.807) is 6.08 Å². The van der Waals surface area contributed by atoms with Crippen molar-refractivity contribution in [2.75, 3.05) is 13.2 Å². The van der Waals surface area contributed by atoms with Gasteiger partial charge in [-0.1, -0.05) is 19.9 Å². The minimum Gasteiger partial charge on any atom is -0.368 e. The first kappa shape index (κ1) is 14.2. The van der Waals surface area contributed by atoms with Gasteiger partial charge in [-0.15, -0.1) is 0 Å². The predicted octanol–water partition coefficient (Wildman–Crippen LogP) is 3.63. The summed E-state index contributed by atoms with van der Waals surface area (Å²) < 4.78 is 51.7. The number of ether oxygens (including phenoxy) is 1. The molecule has 0 aromatic carbocycles. The number of halogens is 4. The van der Waals surface area contributed by atoms with Gasteiger partial charge < -0.3 is 4.74 Å². The van der Waals surface area contributed by atoms with Gasteiger partial charge in [0.05, 0.1) is 6.61 Å². The highest BCUT2D eigenvalue weighted by molar-refractivity contribution is 5.11. The molecular weight excluding hydrogens is 212 g/mol. The molecule has 0 aliphatic carbocycles. The van der Waals surface area contributed by atoms with Crippen molar-refractivity contribution in [1.82, 2.24) is 0 Å². The van der Waals surface area contributed by atoms with Crippen LogP contribution in [0.3, 0.4) is 0 Å². The molecule has 0 aromatic heterocycles. The normalized spacial score (nSPS) is 14.2. The minimum atomic E-state index is -4.36. The summed E-state index contributed by atoms with van der Waals surface area (Å²) in [6.45, 7) is 1.99. The van der Waals surface area contributed by atoms with E-state index >= 15 is 0 Å². The zero-order valence-electron chi connectivity index (χ0n) is 8.64. The zero-order valence-corrected chi connectivity index (χ0v) is 8.64. The van der Waals surface area contributed by atoms with E-state index in [1.807, 2.05) is 13.8 Å². The molecule has 0 saturated heterocycles. The lowest BCUT2D eigenvalue weighted by atomic mass is 10.2. The molecule has 0 bridgehead atoms. The molecule has 1 nitrogen and oxygen atoms in total. The quantitative estimate of drug-likeness (QED) is 0.395. The van der Waals surface area contributed by atoms with Crippen molar-refractivity contribution in [3.63, 3.8) is 0 Å². The van der Waals surface area contributed by atoms with Gasteiger partial charge in [0.15, 0.2) is 0 Å². The van der Waals surface area contributed by atoms with Crippen LogP contribution in [-0.2, 0) is 4.74 Å². The van der Waals surface area contributed by atoms with Crippen LogP contribution in [0.1, 0.15) is 13.8 Å². The molecular formula is C10H14F4O. The third kappa shape index (κ3) is 11.1. The molecule has 88 valence electrons. The van der Waals surface area contributed by atoms with E-state index in [4.69, 9.17) is 0 Å². The summed E-state index contributed by atoms with van der Waals surface area (Å²) in [5.74, 6) is -0.397. The summed E-state index contributed by atoms with van der Waals surface area (Å²) in [6.07, 6.45) is -0.583. The number of alkyl halides is 3. The molecule has 0 heterocycles. The number of hydrogen-bond donors (Lipinski definition) is 0. The monoisotopic (exact) mass is 226 g/mol. The van der Waals surface area contributed by atoms with E-state index in [9.17, 15) is 17.6 Å².